The zero-order chi connectivity index (χ0) is 8.43. The van der Waals surface area contributed by atoms with Crippen molar-refractivity contribution < 1.29 is 10.0 Å². The van der Waals surface area contributed by atoms with Crippen LogP contribution in [-0.4, -0.2) is 21.1 Å². The molecule has 0 spiro atoms. The van der Waals surface area contributed by atoms with Gasteiger partial charge in [-0.15, -0.1) is 0 Å². The first-order valence-electron chi connectivity index (χ1n) is 2.50. The molecule has 1 aromatic rings. The van der Waals surface area contributed by atoms with Crippen molar-refractivity contribution in [2.24, 2.45) is 0 Å². The SMILES string of the molecule is O=C(NO)c1nc(Cl)c(Cl)[nH]1. The van der Waals surface area contributed by atoms with Crippen LogP contribution in [0.25, 0.3) is 0 Å². The summed E-state index contributed by atoms with van der Waals surface area (Å²) in [6.07, 6.45) is 0. The number of H-pyrrole nitrogens is 1. The second kappa shape index (κ2) is 3.08. The Bertz CT molecular complexity index is 265. The number of imidazole rings is 1. The number of carbonyl (C=O) groups is 1. The fraction of sp³-hybridized carbons (Fsp3) is 0. The fourth-order valence-corrected chi connectivity index (χ4v) is 0.755. The molecule has 60 valence electrons. The number of halogens is 2. The third-order valence-electron chi connectivity index (χ3n) is 0.936. The minimum Gasteiger partial charge on any atom is -0.324 e. The van der Waals surface area contributed by atoms with Crippen LogP contribution in [0.2, 0.25) is 10.3 Å². The number of hydrogen-bond acceptors (Lipinski definition) is 3. The van der Waals surface area contributed by atoms with E-state index in [2.05, 4.69) is 9.97 Å². The Morgan fingerprint density at radius 2 is 2.27 bits per heavy atom. The number of nitrogens with one attached hydrogen (secondary N) is 2. The zero-order valence-corrected chi connectivity index (χ0v) is 6.57. The molecule has 1 aromatic heterocycles. The van der Waals surface area contributed by atoms with E-state index in [1.165, 1.54) is 5.48 Å². The summed E-state index contributed by atoms with van der Waals surface area (Å²) in [5.41, 5.74) is 1.37. The largest absolute Gasteiger partial charge is 0.324 e. The minimum absolute atomic E-state index is 0.00901. The molecule has 5 nitrogen and oxygen atoms in total. The van der Waals surface area contributed by atoms with Crippen LogP contribution in [0.15, 0.2) is 0 Å². The van der Waals surface area contributed by atoms with Crippen LogP contribution in [-0.2, 0) is 0 Å². The van der Waals surface area contributed by atoms with E-state index < -0.39 is 5.91 Å². The van der Waals surface area contributed by atoms with Gasteiger partial charge in [0.25, 0.3) is 0 Å². The van der Waals surface area contributed by atoms with E-state index in [-0.39, 0.29) is 16.1 Å². The zero-order valence-electron chi connectivity index (χ0n) is 5.06. The molecule has 7 heteroatoms. The van der Waals surface area contributed by atoms with E-state index in [1.807, 2.05) is 0 Å². The topological polar surface area (TPSA) is 78.0 Å². The number of hydrogen-bond donors (Lipinski definition) is 3. The number of nitrogens with zero attached hydrogens (tertiary/aromatic N) is 1. The third-order valence-corrected chi connectivity index (χ3v) is 1.58. The summed E-state index contributed by atoms with van der Waals surface area (Å²) >= 11 is 10.8. The van der Waals surface area contributed by atoms with Gasteiger partial charge in [0.15, 0.2) is 5.15 Å². The number of amides is 1. The summed E-state index contributed by atoms with van der Waals surface area (Å²) in [5.74, 6) is -0.929. The molecule has 0 saturated heterocycles. The van der Waals surface area contributed by atoms with Crippen molar-refractivity contribution in [3.8, 4) is 0 Å². The lowest BCUT2D eigenvalue weighted by Gasteiger charge is -1.89. The van der Waals surface area contributed by atoms with Gasteiger partial charge < -0.3 is 4.98 Å². The lowest BCUT2D eigenvalue weighted by atomic mass is 10.6. The quantitative estimate of drug-likeness (QED) is 0.459. The van der Waals surface area contributed by atoms with Gasteiger partial charge >= 0.3 is 5.91 Å². The van der Waals surface area contributed by atoms with Gasteiger partial charge in [-0.05, 0) is 0 Å². The smallest absolute Gasteiger partial charge is 0.310 e. The molecule has 11 heavy (non-hydrogen) atoms. The lowest BCUT2D eigenvalue weighted by molar-refractivity contribution is 0.0696. The van der Waals surface area contributed by atoms with Crippen LogP contribution in [0.5, 0.6) is 0 Å². The van der Waals surface area contributed by atoms with Gasteiger partial charge in [-0.25, -0.2) is 10.5 Å². The average Bonchev–Trinajstić information content (AvgIpc) is 2.31. The van der Waals surface area contributed by atoms with Gasteiger partial charge in [0.2, 0.25) is 5.82 Å². The van der Waals surface area contributed by atoms with Gasteiger partial charge in [0.05, 0.1) is 0 Å². The maximum atomic E-state index is 10.6. The van der Waals surface area contributed by atoms with Crippen molar-refractivity contribution in [2.75, 3.05) is 0 Å². The predicted molar refractivity (Wildman–Crippen MR) is 37.9 cm³/mol. The van der Waals surface area contributed by atoms with E-state index in [9.17, 15) is 4.79 Å². The third kappa shape index (κ3) is 1.62. The van der Waals surface area contributed by atoms with Crippen molar-refractivity contribution in [2.45, 2.75) is 0 Å². The molecule has 0 aliphatic heterocycles. The molecule has 1 heterocycles. The number of rotatable bonds is 1. The standard InChI is InChI=1S/C4H3Cl2N3O2/c5-1-2(6)8-3(7-1)4(10)9-11/h11H,(H,7,8)(H,9,10). The molecule has 0 unspecified atom stereocenters. The van der Waals surface area contributed by atoms with E-state index in [0.29, 0.717) is 0 Å². The summed E-state index contributed by atoms with van der Waals surface area (Å²) in [5, 5.41) is 8.19. The number of aromatic nitrogens is 2. The highest BCUT2D eigenvalue weighted by Crippen LogP contribution is 2.17. The van der Waals surface area contributed by atoms with Crippen LogP contribution >= 0.6 is 23.2 Å². The normalized spacial score (nSPS) is 9.73. The first kappa shape index (κ1) is 8.32. The molecule has 0 bridgehead atoms. The van der Waals surface area contributed by atoms with Crippen molar-refractivity contribution in [1.82, 2.24) is 15.4 Å². The number of carbonyl (C=O) groups excluding carboxylic acids is 1. The van der Waals surface area contributed by atoms with Gasteiger partial charge in [0.1, 0.15) is 5.15 Å². The Balaban J connectivity index is 2.97. The van der Waals surface area contributed by atoms with Crippen LogP contribution in [0.3, 0.4) is 0 Å². The van der Waals surface area contributed by atoms with Crippen LogP contribution in [0.1, 0.15) is 10.6 Å². The molecule has 1 rings (SSSR count). The molecule has 0 saturated carbocycles. The lowest BCUT2D eigenvalue weighted by Crippen LogP contribution is -2.19. The summed E-state index contributed by atoms with van der Waals surface area (Å²) in [4.78, 5) is 16.4. The predicted octanol–water partition coefficient (Wildman–Crippen LogP) is 0.836. The summed E-state index contributed by atoms with van der Waals surface area (Å²) in [6.45, 7) is 0. The van der Waals surface area contributed by atoms with E-state index in [1.54, 1.807) is 0 Å². The first-order chi connectivity index (χ1) is 5.15. The second-order valence-corrected chi connectivity index (χ2v) is 2.37. The van der Waals surface area contributed by atoms with Gasteiger partial charge in [-0.2, -0.15) is 0 Å². The molecule has 0 aromatic carbocycles. The van der Waals surface area contributed by atoms with Crippen molar-refractivity contribution >= 4 is 29.1 Å². The maximum Gasteiger partial charge on any atom is 0.310 e. The van der Waals surface area contributed by atoms with Crippen molar-refractivity contribution in [3.63, 3.8) is 0 Å². The summed E-state index contributed by atoms with van der Waals surface area (Å²) < 4.78 is 0. The monoisotopic (exact) mass is 195 g/mol. The van der Waals surface area contributed by atoms with Gasteiger partial charge in [-0.3, -0.25) is 10.0 Å². The Labute approximate surface area is 71.3 Å². The Morgan fingerprint density at radius 1 is 1.64 bits per heavy atom. The second-order valence-electron chi connectivity index (χ2n) is 1.63. The minimum atomic E-state index is -0.793. The Morgan fingerprint density at radius 3 is 2.64 bits per heavy atom. The summed E-state index contributed by atoms with van der Waals surface area (Å²) in [6, 6.07) is 0. The van der Waals surface area contributed by atoms with Crippen LogP contribution < -0.4 is 5.48 Å². The molecule has 0 fully saturated rings. The highest BCUT2D eigenvalue weighted by molar-refractivity contribution is 6.40. The van der Waals surface area contributed by atoms with Crippen LogP contribution in [0.4, 0.5) is 0 Å². The molecule has 0 atom stereocenters. The van der Waals surface area contributed by atoms with Crippen molar-refractivity contribution in [1.29, 1.82) is 0 Å². The van der Waals surface area contributed by atoms with E-state index in [4.69, 9.17) is 28.4 Å². The van der Waals surface area contributed by atoms with Crippen LogP contribution in [0, 0.1) is 0 Å². The highest BCUT2D eigenvalue weighted by Gasteiger charge is 2.11. The van der Waals surface area contributed by atoms with E-state index in [0.717, 1.165) is 0 Å². The molecule has 0 aliphatic carbocycles. The number of aromatic amines is 1. The van der Waals surface area contributed by atoms with Gasteiger partial charge in [0, 0.05) is 0 Å². The van der Waals surface area contributed by atoms with E-state index >= 15 is 0 Å². The molecular formula is C4H3Cl2N3O2. The summed E-state index contributed by atoms with van der Waals surface area (Å²) in [7, 11) is 0. The Hall–Kier alpha value is -0.780. The fourth-order valence-electron chi connectivity index (χ4n) is 0.491. The van der Waals surface area contributed by atoms with Gasteiger partial charge in [-0.1, -0.05) is 23.2 Å². The molecule has 3 N–H and O–H groups in total. The van der Waals surface area contributed by atoms with Crippen molar-refractivity contribution in [3.05, 3.63) is 16.1 Å². The average molecular weight is 196 g/mol. The molecule has 0 aliphatic rings. The molecule has 0 radical (unpaired) electrons. The maximum absolute atomic E-state index is 10.6. The first-order valence-corrected chi connectivity index (χ1v) is 3.26. The highest BCUT2D eigenvalue weighted by atomic mass is 35.5. The number of hydroxylamine groups is 1. The Kier molecular flexibility index (Phi) is 2.33. The molecular weight excluding hydrogens is 193 g/mol. The molecule has 1 amide bonds.